The Balaban J connectivity index is 1.55. The number of rotatable bonds is 6. The average Bonchev–Trinajstić information content (AvgIpc) is 2.69. The van der Waals surface area contributed by atoms with E-state index in [1.807, 2.05) is 12.1 Å². The zero-order valence-electron chi connectivity index (χ0n) is 15.5. The molecule has 1 aromatic heterocycles. The van der Waals surface area contributed by atoms with Gasteiger partial charge in [-0.15, -0.1) is 0 Å². The monoisotopic (exact) mass is 398 g/mol. The van der Waals surface area contributed by atoms with E-state index < -0.39 is 21.5 Å². The number of pyridine rings is 1. The Morgan fingerprint density at radius 1 is 1.11 bits per heavy atom. The van der Waals surface area contributed by atoms with Crippen molar-refractivity contribution in [3.8, 4) is 6.07 Å². The fourth-order valence-corrected chi connectivity index (χ4v) is 4.42. The third kappa shape index (κ3) is 5.54. The van der Waals surface area contributed by atoms with Crippen LogP contribution in [0.25, 0.3) is 0 Å². The minimum absolute atomic E-state index is 0.252. The highest BCUT2D eigenvalue weighted by Gasteiger charge is 2.18. The summed E-state index contributed by atoms with van der Waals surface area (Å²) < 4.78 is 24.5. The lowest BCUT2D eigenvalue weighted by Crippen LogP contribution is -2.30. The lowest BCUT2D eigenvalue weighted by Gasteiger charge is -2.27. The second-order valence-corrected chi connectivity index (χ2v) is 8.91. The number of anilines is 2. The molecule has 1 fully saturated rings. The molecule has 1 saturated heterocycles. The largest absolute Gasteiger partial charge is 0.357 e. The van der Waals surface area contributed by atoms with Crippen molar-refractivity contribution in [1.82, 2.24) is 4.98 Å². The van der Waals surface area contributed by atoms with Gasteiger partial charge in [-0.3, -0.25) is 4.79 Å². The summed E-state index contributed by atoms with van der Waals surface area (Å²) >= 11 is 0. The zero-order valence-corrected chi connectivity index (χ0v) is 16.3. The van der Waals surface area contributed by atoms with Crippen molar-refractivity contribution in [3.05, 3.63) is 53.7 Å². The Labute approximate surface area is 164 Å². The van der Waals surface area contributed by atoms with E-state index in [1.54, 1.807) is 36.5 Å². The van der Waals surface area contributed by atoms with Crippen LogP contribution in [0, 0.1) is 11.3 Å². The number of amides is 1. The highest BCUT2D eigenvalue weighted by molar-refractivity contribution is 7.91. The molecule has 0 spiro atoms. The minimum Gasteiger partial charge on any atom is -0.357 e. The third-order valence-electron chi connectivity index (χ3n) is 4.53. The number of carbonyl (C=O) groups is 1. The van der Waals surface area contributed by atoms with Crippen LogP contribution in [-0.2, 0) is 20.4 Å². The van der Waals surface area contributed by atoms with Crippen molar-refractivity contribution in [1.29, 1.82) is 5.26 Å². The zero-order chi connectivity index (χ0) is 20.0. The van der Waals surface area contributed by atoms with E-state index in [2.05, 4.69) is 15.2 Å². The normalized spacial score (nSPS) is 14.3. The molecule has 0 aliphatic carbocycles. The number of nitriles is 1. The summed E-state index contributed by atoms with van der Waals surface area (Å²) in [7, 11) is -3.62. The Hall–Kier alpha value is -2.92. The minimum atomic E-state index is -3.62. The van der Waals surface area contributed by atoms with E-state index in [0.29, 0.717) is 16.8 Å². The van der Waals surface area contributed by atoms with Crippen LogP contribution < -0.4 is 10.2 Å². The van der Waals surface area contributed by atoms with Crippen LogP contribution in [0.1, 0.15) is 30.4 Å². The molecular weight excluding hydrogens is 376 g/mol. The van der Waals surface area contributed by atoms with Gasteiger partial charge in [-0.25, -0.2) is 13.4 Å². The van der Waals surface area contributed by atoms with E-state index in [9.17, 15) is 13.2 Å². The smallest absolute Gasteiger partial charge is 0.239 e. The maximum absolute atomic E-state index is 12.3. The Kier molecular flexibility index (Phi) is 6.26. The molecule has 8 heteroatoms. The number of hydrogen-bond acceptors (Lipinski definition) is 6. The quantitative estimate of drug-likeness (QED) is 0.802. The first-order valence-corrected chi connectivity index (χ1v) is 11.0. The first-order valence-electron chi connectivity index (χ1n) is 9.15. The molecule has 1 aliphatic rings. The summed E-state index contributed by atoms with van der Waals surface area (Å²) in [5.74, 6) is -0.591. The van der Waals surface area contributed by atoms with E-state index >= 15 is 0 Å². The van der Waals surface area contributed by atoms with E-state index in [0.717, 1.165) is 31.7 Å². The molecule has 1 amide bonds. The summed E-state index contributed by atoms with van der Waals surface area (Å²) in [6.07, 6.45) is 5.09. The molecule has 146 valence electrons. The van der Waals surface area contributed by atoms with Crippen molar-refractivity contribution < 1.29 is 13.2 Å². The number of piperidine rings is 1. The number of sulfone groups is 1. The first kappa shape index (κ1) is 19.8. The van der Waals surface area contributed by atoms with Crippen molar-refractivity contribution >= 4 is 27.2 Å². The van der Waals surface area contributed by atoms with E-state index in [4.69, 9.17) is 5.26 Å². The second kappa shape index (κ2) is 8.85. The third-order valence-corrected chi connectivity index (χ3v) is 6.01. The van der Waals surface area contributed by atoms with Crippen LogP contribution in [0.4, 0.5) is 11.5 Å². The molecule has 1 N–H and O–H groups in total. The summed E-state index contributed by atoms with van der Waals surface area (Å²) in [6, 6.07) is 11.8. The van der Waals surface area contributed by atoms with Gasteiger partial charge in [-0.1, -0.05) is 12.1 Å². The van der Waals surface area contributed by atoms with Gasteiger partial charge in [0.15, 0.2) is 9.84 Å². The van der Waals surface area contributed by atoms with Gasteiger partial charge in [0.25, 0.3) is 0 Å². The van der Waals surface area contributed by atoms with Gasteiger partial charge in [-0.05, 0) is 49.1 Å². The standard InChI is InChI=1S/C20H22N4O3S/c21-12-16-4-6-17(7-5-16)14-28(26,27)15-20(25)23-18-8-9-19(22-13-18)24-10-2-1-3-11-24/h4-9,13H,1-3,10-11,14-15H2,(H,23,25). The average molecular weight is 398 g/mol. The molecule has 2 heterocycles. The lowest BCUT2D eigenvalue weighted by atomic mass is 10.1. The molecule has 1 aliphatic heterocycles. The first-order chi connectivity index (χ1) is 13.4. The lowest BCUT2D eigenvalue weighted by molar-refractivity contribution is -0.113. The number of carbonyl (C=O) groups excluding carboxylic acids is 1. The number of nitrogens with zero attached hydrogens (tertiary/aromatic N) is 3. The van der Waals surface area contributed by atoms with Crippen molar-refractivity contribution in [3.63, 3.8) is 0 Å². The topological polar surface area (TPSA) is 103 Å². The summed E-state index contributed by atoms with van der Waals surface area (Å²) in [6.45, 7) is 1.96. The van der Waals surface area contributed by atoms with Gasteiger partial charge in [0, 0.05) is 13.1 Å². The summed E-state index contributed by atoms with van der Waals surface area (Å²) in [5, 5.41) is 11.4. The van der Waals surface area contributed by atoms with Crippen molar-refractivity contribution in [2.24, 2.45) is 0 Å². The second-order valence-electron chi connectivity index (χ2n) is 6.84. The van der Waals surface area contributed by atoms with Crippen LogP contribution in [0.15, 0.2) is 42.6 Å². The van der Waals surface area contributed by atoms with Crippen molar-refractivity contribution in [2.75, 3.05) is 29.1 Å². The predicted molar refractivity (Wildman–Crippen MR) is 108 cm³/mol. The highest BCUT2D eigenvalue weighted by atomic mass is 32.2. The van der Waals surface area contributed by atoms with Gasteiger partial charge in [0.05, 0.1) is 29.3 Å². The maximum atomic E-state index is 12.3. The van der Waals surface area contributed by atoms with E-state index in [1.165, 1.54) is 6.42 Å². The molecule has 0 atom stereocenters. The molecule has 0 radical (unpaired) electrons. The summed E-state index contributed by atoms with van der Waals surface area (Å²) in [5.41, 5.74) is 1.47. The highest BCUT2D eigenvalue weighted by Crippen LogP contribution is 2.19. The summed E-state index contributed by atoms with van der Waals surface area (Å²) in [4.78, 5) is 18.7. The number of nitrogens with one attached hydrogen (secondary N) is 1. The molecule has 7 nitrogen and oxygen atoms in total. The molecule has 0 unspecified atom stereocenters. The van der Waals surface area contributed by atoms with Crippen LogP contribution in [0.3, 0.4) is 0 Å². The predicted octanol–water partition coefficient (Wildman–Crippen LogP) is 2.50. The number of hydrogen-bond donors (Lipinski definition) is 1. The molecule has 0 bridgehead atoms. The van der Waals surface area contributed by atoms with Crippen molar-refractivity contribution in [2.45, 2.75) is 25.0 Å². The van der Waals surface area contributed by atoms with Gasteiger partial charge >= 0.3 is 0 Å². The van der Waals surface area contributed by atoms with Crippen LogP contribution in [0.5, 0.6) is 0 Å². The maximum Gasteiger partial charge on any atom is 0.239 e. The molecule has 28 heavy (non-hydrogen) atoms. The van der Waals surface area contributed by atoms with E-state index in [-0.39, 0.29) is 5.75 Å². The molecule has 0 saturated carbocycles. The molecule has 1 aromatic carbocycles. The Morgan fingerprint density at radius 3 is 2.43 bits per heavy atom. The molecule has 2 aromatic rings. The fourth-order valence-electron chi connectivity index (χ4n) is 3.15. The molecule has 3 rings (SSSR count). The Morgan fingerprint density at radius 2 is 1.82 bits per heavy atom. The van der Waals surface area contributed by atoms with Crippen LogP contribution >= 0.6 is 0 Å². The van der Waals surface area contributed by atoms with Gasteiger partial charge in [0.1, 0.15) is 11.6 Å². The molecular formula is C20H22N4O3S. The number of benzene rings is 1. The SMILES string of the molecule is N#Cc1ccc(CS(=O)(=O)CC(=O)Nc2ccc(N3CCCCC3)nc2)cc1. The van der Waals surface area contributed by atoms with Gasteiger partial charge in [0.2, 0.25) is 5.91 Å². The van der Waals surface area contributed by atoms with Gasteiger partial charge < -0.3 is 10.2 Å². The van der Waals surface area contributed by atoms with Gasteiger partial charge in [-0.2, -0.15) is 5.26 Å². The van der Waals surface area contributed by atoms with Crippen LogP contribution in [0.2, 0.25) is 0 Å². The van der Waals surface area contributed by atoms with Crippen LogP contribution in [-0.4, -0.2) is 38.2 Å². The number of aromatic nitrogens is 1. The fraction of sp³-hybridized carbons (Fsp3) is 0.350. The Bertz CT molecular complexity index is 958.